The van der Waals surface area contributed by atoms with E-state index in [4.69, 9.17) is 11.0 Å². The van der Waals surface area contributed by atoms with Crippen LogP contribution < -0.4 is 67.5 Å². The van der Waals surface area contributed by atoms with E-state index in [2.05, 4.69) is 11.4 Å². The molecule has 1 aliphatic rings. The SMILES string of the molecule is N#CC(C(N)=O)=C([O-])C(=CC(=O)c1ccc(F)cc1)Nc1sc2c(c1C#N)CCCC2.[K+]. The maximum Gasteiger partial charge on any atom is 1.00 e. The van der Waals surface area contributed by atoms with E-state index in [9.17, 15) is 24.3 Å². The fourth-order valence-corrected chi connectivity index (χ4v) is 4.49. The standard InChI is InChI=1S/C22H17FN4O3S.K/c23-13-7-5-12(6-8-13)18(28)9-17(20(29)16(11-25)21(26)30)27-22-15(10-24)14-3-1-2-4-19(14)31-22;/h5-9,27,29H,1-4H2,(H2,26,30);/q;+1/p-1. The summed E-state index contributed by atoms with van der Waals surface area (Å²) < 4.78 is 13.2. The molecule has 0 saturated heterocycles. The number of rotatable bonds is 6. The molecule has 32 heavy (non-hydrogen) atoms. The molecule has 156 valence electrons. The van der Waals surface area contributed by atoms with Gasteiger partial charge in [-0.05, 0) is 55.5 Å². The van der Waals surface area contributed by atoms with Crippen LogP contribution in [-0.4, -0.2) is 11.7 Å². The van der Waals surface area contributed by atoms with Gasteiger partial charge < -0.3 is 16.2 Å². The Morgan fingerprint density at radius 1 is 1.19 bits per heavy atom. The van der Waals surface area contributed by atoms with E-state index in [0.29, 0.717) is 10.6 Å². The monoisotopic (exact) mass is 474 g/mol. The zero-order valence-corrected chi connectivity index (χ0v) is 21.1. The summed E-state index contributed by atoms with van der Waals surface area (Å²) >= 11 is 1.29. The number of amides is 1. The molecule has 0 aliphatic heterocycles. The van der Waals surface area contributed by atoms with E-state index in [0.717, 1.165) is 54.3 Å². The third kappa shape index (κ3) is 5.72. The van der Waals surface area contributed by atoms with Gasteiger partial charge in [-0.3, -0.25) is 9.59 Å². The summed E-state index contributed by atoms with van der Waals surface area (Å²) in [6.07, 6.45) is 4.37. The molecule has 0 atom stereocenters. The first kappa shape index (κ1) is 25.9. The van der Waals surface area contributed by atoms with Gasteiger partial charge in [0.1, 0.15) is 28.5 Å². The molecule has 0 saturated carbocycles. The zero-order valence-electron chi connectivity index (χ0n) is 17.2. The average molecular weight is 475 g/mol. The Morgan fingerprint density at radius 3 is 2.44 bits per heavy atom. The van der Waals surface area contributed by atoms with E-state index in [-0.39, 0.29) is 62.6 Å². The van der Waals surface area contributed by atoms with Crippen LogP contribution in [0.2, 0.25) is 0 Å². The number of fused-ring (bicyclic) bond motifs is 1. The maximum absolute atomic E-state index is 13.2. The Morgan fingerprint density at radius 2 is 1.84 bits per heavy atom. The molecule has 2 aromatic rings. The summed E-state index contributed by atoms with van der Waals surface area (Å²) in [6, 6.07) is 8.24. The predicted octanol–water partition coefficient (Wildman–Crippen LogP) is -0.556. The summed E-state index contributed by atoms with van der Waals surface area (Å²) in [6.45, 7) is 0. The van der Waals surface area contributed by atoms with Crippen LogP contribution in [0.25, 0.3) is 0 Å². The van der Waals surface area contributed by atoms with Crippen molar-refractivity contribution in [3.05, 3.63) is 74.8 Å². The van der Waals surface area contributed by atoms with Crippen molar-refractivity contribution in [3.63, 3.8) is 0 Å². The molecule has 0 spiro atoms. The maximum atomic E-state index is 13.2. The van der Waals surface area contributed by atoms with Crippen molar-refractivity contribution >= 4 is 28.0 Å². The van der Waals surface area contributed by atoms with Gasteiger partial charge in [0.2, 0.25) is 0 Å². The number of thiophene rings is 1. The molecule has 0 unspecified atom stereocenters. The fourth-order valence-electron chi connectivity index (χ4n) is 3.23. The first-order valence-corrected chi connectivity index (χ1v) is 10.1. The number of aryl methyl sites for hydroxylation is 1. The quantitative estimate of drug-likeness (QED) is 0.144. The minimum Gasteiger partial charge on any atom is -0.870 e. The number of nitrogens with one attached hydrogen (secondary N) is 1. The number of hydrogen-bond acceptors (Lipinski definition) is 7. The largest absolute Gasteiger partial charge is 1.00 e. The topological polar surface area (TPSA) is 143 Å². The average Bonchev–Trinajstić information content (AvgIpc) is 3.10. The van der Waals surface area contributed by atoms with E-state index in [1.807, 2.05) is 0 Å². The molecule has 1 aliphatic carbocycles. The van der Waals surface area contributed by atoms with Crippen LogP contribution in [0.15, 0.2) is 47.4 Å². The number of nitriles is 2. The van der Waals surface area contributed by atoms with Crippen LogP contribution in [-0.2, 0) is 17.6 Å². The number of anilines is 1. The number of halogens is 1. The van der Waals surface area contributed by atoms with Gasteiger partial charge in [-0.2, -0.15) is 10.5 Å². The van der Waals surface area contributed by atoms with E-state index in [1.54, 1.807) is 0 Å². The van der Waals surface area contributed by atoms with Gasteiger partial charge in [0.15, 0.2) is 5.78 Å². The summed E-state index contributed by atoms with van der Waals surface area (Å²) in [5, 5.41) is 34.7. The molecule has 10 heteroatoms. The Bertz CT molecular complexity index is 1200. The molecule has 0 bridgehead atoms. The summed E-state index contributed by atoms with van der Waals surface area (Å²) in [7, 11) is 0. The first-order valence-electron chi connectivity index (χ1n) is 9.30. The second kappa shape index (κ2) is 11.5. The molecule has 1 heterocycles. The minimum absolute atomic E-state index is 0. The Hall–Kier alpha value is -2.31. The number of hydrogen-bond donors (Lipinski definition) is 2. The molecule has 0 radical (unpaired) electrons. The Balaban J connectivity index is 0.00000363. The summed E-state index contributed by atoms with van der Waals surface area (Å²) in [5.41, 5.74) is 5.25. The number of allylic oxidation sites excluding steroid dienone is 1. The third-order valence-corrected chi connectivity index (χ3v) is 5.97. The van der Waals surface area contributed by atoms with E-state index >= 15 is 0 Å². The smallest absolute Gasteiger partial charge is 0.870 e. The fraction of sp³-hybridized carbons (Fsp3) is 0.182. The van der Waals surface area contributed by atoms with Gasteiger partial charge in [-0.25, -0.2) is 4.39 Å². The van der Waals surface area contributed by atoms with E-state index < -0.39 is 28.8 Å². The molecular weight excluding hydrogens is 458 g/mol. The number of carbonyl (C=O) groups is 2. The Kier molecular flexibility index (Phi) is 9.34. The Labute approximate surface area is 230 Å². The number of carbonyl (C=O) groups excluding carboxylic acids is 2. The van der Waals surface area contributed by atoms with Crippen LogP contribution in [0.4, 0.5) is 9.39 Å². The van der Waals surface area contributed by atoms with Crippen LogP contribution in [0.5, 0.6) is 0 Å². The van der Waals surface area contributed by atoms with Crippen molar-refractivity contribution in [2.45, 2.75) is 25.7 Å². The molecule has 1 aromatic carbocycles. The molecule has 7 nitrogen and oxygen atoms in total. The number of ketones is 1. The van der Waals surface area contributed by atoms with Crippen LogP contribution in [0, 0.1) is 28.5 Å². The van der Waals surface area contributed by atoms with Crippen LogP contribution >= 0.6 is 11.3 Å². The minimum atomic E-state index is -1.24. The molecular formula is C22H16FKN4O3S. The second-order valence-corrected chi connectivity index (χ2v) is 7.87. The van der Waals surface area contributed by atoms with Gasteiger partial charge in [-0.1, -0.05) is 5.76 Å². The van der Waals surface area contributed by atoms with Gasteiger partial charge >= 0.3 is 51.4 Å². The van der Waals surface area contributed by atoms with Crippen LogP contribution in [0.1, 0.15) is 39.2 Å². The molecule has 3 N–H and O–H groups in total. The van der Waals surface area contributed by atoms with Crippen molar-refractivity contribution in [1.82, 2.24) is 0 Å². The number of nitrogens with zero attached hydrogens (tertiary/aromatic N) is 2. The molecule has 3 rings (SSSR count). The molecule has 1 aromatic heterocycles. The van der Waals surface area contributed by atoms with Crippen molar-refractivity contribution in [3.8, 4) is 12.1 Å². The predicted molar refractivity (Wildman–Crippen MR) is 110 cm³/mol. The number of nitrogens with two attached hydrogens (primary N) is 1. The number of primary amides is 1. The normalized spacial score (nSPS) is 13.5. The van der Waals surface area contributed by atoms with Gasteiger partial charge in [-0.15, -0.1) is 11.3 Å². The summed E-state index contributed by atoms with van der Waals surface area (Å²) in [5.74, 6) is -3.50. The van der Waals surface area contributed by atoms with Crippen molar-refractivity contribution in [2.24, 2.45) is 5.73 Å². The molecule has 0 fully saturated rings. The van der Waals surface area contributed by atoms with Gasteiger partial charge in [0.25, 0.3) is 5.91 Å². The third-order valence-electron chi connectivity index (χ3n) is 4.77. The van der Waals surface area contributed by atoms with Crippen molar-refractivity contribution in [1.29, 1.82) is 10.5 Å². The van der Waals surface area contributed by atoms with E-state index in [1.165, 1.54) is 29.5 Å². The molecule has 1 amide bonds. The summed E-state index contributed by atoms with van der Waals surface area (Å²) in [4.78, 5) is 25.2. The van der Waals surface area contributed by atoms with Crippen molar-refractivity contribution < 1.29 is 70.5 Å². The zero-order chi connectivity index (χ0) is 22.5. The first-order chi connectivity index (χ1) is 14.8. The van der Waals surface area contributed by atoms with Crippen molar-refractivity contribution in [2.75, 3.05) is 5.32 Å². The second-order valence-electron chi connectivity index (χ2n) is 6.76. The number of benzene rings is 1. The van der Waals surface area contributed by atoms with Gasteiger partial charge in [0, 0.05) is 22.2 Å². The van der Waals surface area contributed by atoms with Gasteiger partial charge in [0.05, 0.1) is 5.56 Å². The van der Waals surface area contributed by atoms with Crippen LogP contribution in [0.3, 0.4) is 0 Å².